The van der Waals surface area contributed by atoms with Crippen molar-refractivity contribution >= 4 is 16.8 Å². The van der Waals surface area contributed by atoms with Crippen LogP contribution in [0.5, 0.6) is 0 Å². The summed E-state index contributed by atoms with van der Waals surface area (Å²) in [4.78, 5) is 23.1. The summed E-state index contributed by atoms with van der Waals surface area (Å²) in [6, 6.07) is 4.00. The van der Waals surface area contributed by atoms with Crippen LogP contribution < -0.4 is 5.32 Å². The molecule has 0 saturated heterocycles. The number of rotatable bonds is 9. The van der Waals surface area contributed by atoms with Gasteiger partial charge in [-0.15, -0.1) is 0 Å². The normalized spacial score (nSPS) is 16.9. The summed E-state index contributed by atoms with van der Waals surface area (Å²) in [7, 11) is 3.86. The van der Waals surface area contributed by atoms with Crippen LogP contribution in [0.3, 0.4) is 0 Å². The highest BCUT2D eigenvalue weighted by Crippen LogP contribution is 2.66. The van der Waals surface area contributed by atoms with Crippen molar-refractivity contribution in [2.24, 2.45) is 5.41 Å². The molecule has 188 valence electrons. The molecule has 0 spiro atoms. The predicted octanol–water partition coefficient (Wildman–Crippen LogP) is 4.08. The van der Waals surface area contributed by atoms with E-state index < -0.39 is 23.4 Å². The number of carbonyl (C=O) groups is 1. The van der Waals surface area contributed by atoms with Gasteiger partial charge in [0, 0.05) is 42.7 Å². The second-order valence-electron chi connectivity index (χ2n) is 9.78. The Balaban J connectivity index is 1.46. The highest BCUT2D eigenvalue weighted by atomic mass is 19.4. The third-order valence-corrected chi connectivity index (χ3v) is 7.34. The zero-order valence-corrected chi connectivity index (χ0v) is 20.4. The minimum Gasteiger partial charge on any atom is -0.355 e. The largest absolute Gasteiger partial charge is 0.395 e. The molecule has 1 fully saturated rings. The molecule has 2 aromatic heterocycles. The van der Waals surface area contributed by atoms with Gasteiger partial charge < -0.3 is 10.2 Å². The first-order chi connectivity index (χ1) is 16.5. The van der Waals surface area contributed by atoms with Gasteiger partial charge in [-0.05, 0) is 70.0 Å². The van der Waals surface area contributed by atoms with Gasteiger partial charge in [-0.1, -0.05) is 6.07 Å². The number of carbonyl (C=O) groups excluding carboxylic acids is 1. The molecule has 1 aliphatic carbocycles. The van der Waals surface area contributed by atoms with Gasteiger partial charge in [0.25, 0.3) is 0 Å². The van der Waals surface area contributed by atoms with E-state index in [9.17, 15) is 18.0 Å². The number of fused-ring (bicyclic) bond motifs is 1. The van der Waals surface area contributed by atoms with Crippen LogP contribution in [0.4, 0.5) is 13.2 Å². The summed E-state index contributed by atoms with van der Waals surface area (Å²) in [5, 5.41) is 11.0. The summed E-state index contributed by atoms with van der Waals surface area (Å²) < 4.78 is 41.9. The van der Waals surface area contributed by atoms with Crippen LogP contribution in [0.2, 0.25) is 0 Å². The van der Waals surface area contributed by atoms with Gasteiger partial charge in [0.2, 0.25) is 5.91 Å². The number of likely N-dealkylation sites (N-methyl/N-ethyl adjacent to an activating group) is 1. The average molecular weight is 489 g/mol. The first kappa shape index (κ1) is 25.1. The van der Waals surface area contributed by atoms with Crippen LogP contribution >= 0.6 is 0 Å². The minimum atomic E-state index is -4.39. The number of benzene rings is 1. The summed E-state index contributed by atoms with van der Waals surface area (Å²) in [6.07, 6.45) is 0.694. The molecule has 2 N–H and O–H groups in total. The number of nitrogens with one attached hydrogen (secondary N) is 2. The second-order valence-corrected chi connectivity index (χ2v) is 9.78. The highest BCUT2D eigenvalue weighted by Gasteiger charge is 2.67. The highest BCUT2D eigenvalue weighted by molar-refractivity contribution is 5.82. The van der Waals surface area contributed by atoms with Gasteiger partial charge in [0.15, 0.2) is 0 Å². The summed E-state index contributed by atoms with van der Waals surface area (Å²) >= 11 is 0. The fourth-order valence-corrected chi connectivity index (χ4v) is 4.78. The number of hydrogen-bond donors (Lipinski definition) is 2. The Morgan fingerprint density at radius 3 is 2.46 bits per heavy atom. The quantitative estimate of drug-likeness (QED) is 0.474. The number of aromatic nitrogens is 4. The van der Waals surface area contributed by atoms with Gasteiger partial charge in [0.1, 0.15) is 5.82 Å². The Morgan fingerprint density at radius 2 is 1.86 bits per heavy atom. The molecule has 4 rings (SSSR count). The van der Waals surface area contributed by atoms with Gasteiger partial charge in [-0.25, -0.2) is 9.97 Å². The molecule has 0 unspecified atom stereocenters. The number of H-pyrrole nitrogens is 1. The van der Waals surface area contributed by atoms with Crippen molar-refractivity contribution in [3.05, 3.63) is 53.2 Å². The van der Waals surface area contributed by atoms with E-state index in [-0.39, 0.29) is 25.3 Å². The molecule has 3 aromatic rings. The molecular formula is C25H31F3N6O. The van der Waals surface area contributed by atoms with E-state index in [0.29, 0.717) is 24.4 Å². The first-order valence-electron chi connectivity index (χ1n) is 11.7. The number of nitrogens with zero attached hydrogens (tertiary/aromatic N) is 4. The van der Waals surface area contributed by atoms with E-state index in [4.69, 9.17) is 0 Å². The predicted molar refractivity (Wildman–Crippen MR) is 127 cm³/mol. The van der Waals surface area contributed by atoms with Crippen molar-refractivity contribution in [2.45, 2.75) is 57.7 Å². The molecule has 7 nitrogen and oxygen atoms in total. The smallest absolute Gasteiger partial charge is 0.355 e. The van der Waals surface area contributed by atoms with Gasteiger partial charge in [-0.2, -0.15) is 18.3 Å². The topological polar surface area (TPSA) is 86.8 Å². The number of halogens is 3. The lowest BCUT2D eigenvalue weighted by Crippen LogP contribution is -2.43. The Labute approximate surface area is 202 Å². The van der Waals surface area contributed by atoms with E-state index >= 15 is 0 Å². The third-order valence-electron chi connectivity index (χ3n) is 7.34. The van der Waals surface area contributed by atoms with E-state index in [1.807, 2.05) is 38.1 Å². The Morgan fingerprint density at radius 1 is 1.17 bits per heavy atom. The van der Waals surface area contributed by atoms with Crippen molar-refractivity contribution in [3.8, 4) is 0 Å². The fraction of sp³-hybridized carbons (Fsp3) is 0.520. The lowest BCUT2D eigenvalue weighted by molar-refractivity contribution is -0.194. The number of hydrogen-bond acceptors (Lipinski definition) is 5. The molecule has 0 radical (unpaired) electrons. The van der Waals surface area contributed by atoms with Crippen molar-refractivity contribution in [1.29, 1.82) is 0 Å². The summed E-state index contributed by atoms with van der Waals surface area (Å²) in [6.45, 7) is 4.04. The molecule has 2 atom stereocenters. The van der Waals surface area contributed by atoms with Crippen LogP contribution in [-0.2, 0) is 11.2 Å². The van der Waals surface area contributed by atoms with Gasteiger partial charge in [0.05, 0.1) is 17.1 Å². The maximum Gasteiger partial charge on any atom is 0.395 e. The maximum atomic E-state index is 14.0. The van der Waals surface area contributed by atoms with Crippen molar-refractivity contribution in [2.75, 3.05) is 20.6 Å². The molecule has 1 aliphatic rings. The van der Waals surface area contributed by atoms with Crippen molar-refractivity contribution in [3.63, 3.8) is 0 Å². The van der Waals surface area contributed by atoms with E-state index in [1.54, 1.807) is 13.1 Å². The Hall–Kier alpha value is -3.01. The first-order valence-corrected chi connectivity index (χ1v) is 11.7. The maximum absolute atomic E-state index is 14.0. The van der Waals surface area contributed by atoms with E-state index in [1.165, 1.54) is 12.4 Å². The average Bonchev–Trinajstić information content (AvgIpc) is 3.48. The molecule has 2 heterocycles. The second kappa shape index (κ2) is 9.56. The van der Waals surface area contributed by atoms with Gasteiger partial charge >= 0.3 is 6.18 Å². The molecule has 1 saturated carbocycles. The summed E-state index contributed by atoms with van der Waals surface area (Å²) in [5.74, 6) is -0.932. The molecule has 10 heteroatoms. The minimum absolute atomic E-state index is 0.0123. The SMILES string of the molecule is Cc1ncc([C@@H](CC(=O)NC[C@H](Cc2ccc3[nH]ncc3c2C)N(C)C)C2(C(F)(F)F)CC2)cn1. The zero-order chi connectivity index (χ0) is 25.4. The molecule has 35 heavy (non-hydrogen) atoms. The van der Waals surface area contributed by atoms with Crippen LogP contribution in [-0.4, -0.2) is 63.8 Å². The van der Waals surface area contributed by atoms with E-state index in [0.717, 1.165) is 22.0 Å². The zero-order valence-electron chi connectivity index (χ0n) is 20.4. The number of amides is 1. The Bertz CT molecular complexity index is 1180. The third kappa shape index (κ3) is 5.17. The van der Waals surface area contributed by atoms with Gasteiger partial charge in [-0.3, -0.25) is 9.89 Å². The van der Waals surface area contributed by atoms with Crippen LogP contribution in [0.15, 0.2) is 30.7 Å². The molecule has 1 amide bonds. The molecule has 1 aromatic carbocycles. The number of alkyl halides is 3. The van der Waals surface area contributed by atoms with Crippen molar-refractivity contribution in [1.82, 2.24) is 30.4 Å². The lowest BCUT2D eigenvalue weighted by Gasteiger charge is -2.30. The monoisotopic (exact) mass is 488 g/mol. The molecule has 0 bridgehead atoms. The number of aromatic amines is 1. The molecular weight excluding hydrogens is 457 g/mol. The lowest BCUT2D eigenvalue weighted by atomic mass is 9.81. The molecule has 0 aliphatic heterocycles. The van der Waals surface area contributed by atoms with E-state index in [2.05, 4.69) is 25.5 Å². The standard InChI is InChI=1S/C25H31F3N6O/c1-15-17(5-6-22-20(15)14-32-33-22)9-19(34(3)4)13-31-23(35)10-21(18-11-29-16(2)30-12-18)24(7-8-24)25(26,27)28/h5-6,11-12,14,19,21H,7-10,13H2,1-4H3,(H,31,35)(H,32,33)/t19-,21+/m0/s1. The van der Waals surface area contributed by atoms with Crippen LogP contribution in [0.1, 0.15) is 47.7 Å². The van der Waals surface area contributed by atoms with Crippen LogP contribution in [0.25, 0.3) is 10.9 Å². The Kier molecular flexibility index (Phi) is 6.86. The summed E-state index contributed by atoms with van der Waals surface area (Å²) in [5.41, 5.74) is 1.69. The fourth-order valence-electron chi connectivity index (χ4n) is 4.78. The van der Waals surface area contributed by atoms with Crippen molar-refractivity contribution < 1.29 is 18.0 Å². The van der Waals surface area contributed by atoms with Crippen LogP contribution in [0, 0.1) is 19.3 Å². The number of aryl methyl sites for hydroxylation is 2.